The van der Waals surface area contributed by atoms with E-state index >= 15 is 0 Å². The smallest absolute Gasteiger partial charge is 0.339 e. The van der Waals surface area contributed by atoms with Crippen LogP contribution in [0.15, 0.2) is 80.1 Å². The predicted molar refractivity (Wildman–Crippen MR) is 134 cm³/mol. The average Bonchev–Trinajstić information content (AvgIpc) is 2.78. The first kappa shape index (κ1) is 24.7. The maximum atomic E-state index is 12.8. The number of nitriles is 1. The Kier molecular flexibility index (Phi) is 7.74. The molecule has 0 saturated heterocycles. The normalized spacial score (nSPS) is 11.5. The Hall–Kier alpha value is -2.93. The average molecular weight is 590 g/mol. The van der Waals surface area contributed by atoms with Crippen molar-refractivity contribution in [3.63, 3.8) is 0 Å². The second-order valence-corrected chi connectivity index (χ2v) is 10.3. The van der Waals surface area contributed by atoms with Gasteiger partial charge in [0, 0.05) is 15.7 Å². The number of benzene rings is 3. The number of aryl methyl sites for hydroxylation is 1. The summed E-state index contributed by atoms with van der Waals surface area (Å²) >= 11 is 6.66. The molecular weight excluding hydrogens is 572 g/mol. The summed E-state index contributed by atoms with van der Waals surface area (Å²) in [6, 6.07) is 18.2. The number of halogens is 2. The summed E-state index contributed by atoms with van der Waals surface area (Å²) in [6.45, 7) is 3.79. The standard InChI is InChI=1S/C24H18Br2N2O4S/c1-15-7-6-10-22(16(15)2)28-24(29)18(14-27)11-17-12-19(25)13-21(26)23(17)32-33(30,31)20-8-4-3-5-9-20/h3-13H,1-2H3,(H,28,29)/b18-11+. The zero-order chi connectivity index (χ0) is 24.2. The van der Waals surface area contributed by atoms with Gasteiger partial charge in [0.1, 0.15) is 16.5 Å². The molecule has 0 saturated carbocycles. The van der Waals surface area contributed by atoms with Crippen molar-refractivity contribution in [3.8, 4) is 11.8 Å². The van der Waals surface area contributed by atoms with Crippen LogP contribution < -0.4 is 9.50 Å². The molecule has 9 heteroatoms. The van der Waals surface area contributed by atoms with Crippen LogP contribution in [-0.4, -0.2) is 14.3 Å². The number of carbonyl (C=O) groups is 1. The molecule has 0 spiro atoms. The van der Waals surface area contributed by atoms with Crippen molar-refractivity contribution in [2.24, 2.45) is 0 Å². The van der Waals surface area contributed by atoms with Crippen LogP contribution in [0.5, 0.6) is 5.75 Å². The van der Waals surface area contributed by atoms with E-state index in [-0.39, 0.29) is 21.8 Å². The van der Waals surface area contributed by atoms with Crippen LogP contribution in [0, 0.1) is 25.2 Å². The first-order valence-electron chi connectivity index (χ1n) is 9.60. The minimum Gasteiger partial charge on any atom is -0.377 e. The van der Waals surface area contributed by atoms with E-state index in [2.05, 4.69) is 37.2 Å². The molecular formula is C24H18Br2N2O4S. The summed E-state index contributed by atoms with van der Waals surface area (Å²) in [5.41, 5.74) is 2.46. The molecule has 0 heterocycles. The zero-order valence-electron chi connectivity index (χ0n) is 17.6. The molecule has 0 aliphatic carbocycles. The third kappa shape index (κ3) is 5.90. The quantitative estimate of drug-likeness (QED) is 0.211. The van der Waals surface area contributed by atoms with Crippen LogP contribution in [-0.2, 0) is 14.9 Å². The van der Waals surface area contributed by atoms with Crippen molar-refractivity contribution in [1.82, 2.24) is 0 Å². The van der Waals surface area contributed by atoms with Gasteiger partial charge in [-0.25, -0.2) is 0 Å². The highest BCUT2D eigenvalue weighted by atomic mass is 79.9. The fourth-order valence-electron chi connectivity index (χ4n) is 2.90. The molecule has 0 bridgehead atoms. The topological polar surface area (TPSA) is 96.3 Å². The molecule has 3 rings (SSSR count). The molecule has 168 valence electrons. The number of rotatable bonds is 6. The van der Waals surface area contributed by atoms with Crippen LogP contribution in [0.4, 0.5) is 5.69 Å². The van der Waals surface area contributed by atoms with E-state index in [1.165, 1.54) is 18.2 Å². The lowest BCUT2D eigenvalue weighted by molar-refractivity contribution is -0.112. The van der Waals surface area contributed by atoms with Crippen LogP contribution in [0.3, 0.4) is 0 Å². The van der Waals surface area contributed by atoms with Crippen molar-refractivity contribution < 1.29 is 17.4 Å². The molecule has 0 fully saturated rings. The van der Waals surface area contributed by atoms with Crippen molar-refractivity contribution in [3.05, 3.63) is 91.9 Å². The van der Waals surface area contributed by atoms with Gasteiger partial charge in [0.2, 0.25) is 0 Å². The highest BCUT2D eigenvalue weighted by Gasteiger charge is 2.21. The summed E-state index contributed by atoms with van der Waals surface area (Å²) in [4.78, 5) is 12.8. The van der Waals surface area contributed by atoms with Crippen LogP contribution >= 0.6 is 31.9 Å². The molecule has 33 heavy (non-hydrogen) atoms. The van der Waals surface area contributed by atoms with Gasteiger partial charge in [0.05, 0.1) is 4.47 Å². The van der Waals surface area contributed by atoms with Gasteiger partial charge in [-0.2, -0.15) is 13.7 Å². The van der Waals surface area contributed by atoms with E-state index in [1.54, 1.807) is 42.5 Å². The van der Waals surface area contributed by atoms with Gasteiger partial charge in [-0.15, -0.1) is 0 Å². The first-order valence-corrected chi connectivity index (χ1v) is 12.6. The van der Waals surface area contributed by atoms with Crippen LogP contribution in [0.1, 0.15) is 16.7 Å². The zero-order valence-corrected chi connectivity index (χ0v) is 21.6. The monoisotopic (exact) mass is 588 g/mol. The lowest BCUT2D eigenvalue weighted by Gasteiger charge is -2.13. The SMILES string of the molecule is Cc1cccc(NC(=O)/C(C#N)=C/c2cc(Br)cc(Br)c2OS(=O)(=O)c2ccccc2)c1C. The molecule has 0 atom stereocenters. The molecule has 0 radical (unpaired) electrons. The Morgan fingerprint density at radius 1 is 1.06 bits per heavy atom. The molecule has 0 aromatic heterocycles. The summed E-state index contributed by atoms with van der Waals surface area (Å²) in [7, 11) is -4.15. The van der Waals surface area contributed by atoms with Crippen LogP contribution in [0.2, 0.25) is 0 Å². The van der Waals surface area contributed by atoms with E-state index in [9.17, 15) is 18.5 Å². The Balaban J connectivity index is 2.01. The minimum atomic E-state index is -4.15. The fourth-order valence-corrected chi connectivity index (χ4v) is 5.34. The summed E-state index contributed by atoms with van der Waals surface area (Å²) in [5, 5.41) is 12.4. The first-order chi connectivity index (χ1) is 15.6. The summed E-state index contributed by atoms with van der Waals surface area (Å²) < 4.78 is 31.9. The van der Waals surface area contributed by atoms with E-state index in [4.69, 9.17) is 4.18 Å². The highest BCUT2D eigenvalue weighted by molar-refractivity contribution is 9.11. The Bertz CT molecular complexity index is 1400. The van der Waals surface area contributed by atoms with Gasteiger partial charge >= 0.3 is 10.1 Å². The van der Waals surface area contributed by atoms with E-state index in [0.717, 1.165) is 11.1 Å². The predicted octanol–water partition coefficient (Wildman–Crippen LogP) is 6.14. The van der Waals surface area contributed by atoms with Gasteiger partial charge < -0.3 is 9.50 Å². The molecule has 0 unspecified atom stereocenters. The molecule has 6 nitrogen and oxygen atoms in total. The molecule has 3 aromatic rings. The van der Waals surface area contributed by atoms with Gasteiger partial charge in [-0.3, -0.25) is 4.79 Å². The maximum Gasteiger partial charge on any atom is 0.339 e. The number of amides is 1. The van der Waals surface area contributed by atoms with E-state index in [0.29, 0.717) is 14.6 Å². The third-order valence-corrected chi connectivity index (χ3v) is 7.06. The number of nitrogens with one attached hydrogen (secondary N) is 1. The van der Waals surface area contributed by atoms with Crippen molar-refractivity contribution in [2.75, 3.05) is 5.32 Å². The number of carbonyl (C=O) groups excluding carboxylic acids is 1. The maximum absolute atomic E-state index is 12.8. The number of hydrogen-bond acceptors (Lipinski definition) is 5. The third-order valence-electron chi connectivity index (χ3n) is 4.78. The second kappa shape index (κ2) is 10.3. The Morgan fingerprint density at radius 2 is 1.76 bits per heavy atom. The number of anilines is 1. The highest BCUT2D eigenvalue weighted by Crippen LogP contribution is 2.36. The Morgan fingerprint density at radius 3 is 2.42 bits per heavy atom. The van der Waals surface area contributed by atoms with Crippen molar-refractivity contribution in [1.29, 1.82) is 5.26 Å². The molecule has 0 aliphatic heterocycles. The lowest BCUT2D eigenvalue weighted by atomic mass is 10.1. The lowest BCUT2D eigenvalue weighted by Crippen LogP contribution is -2.15. The van der Waals surface area contributed by atoms with E-state index in [1.807, 2.05) is 26.0 Å². The molecule has 1 amide bonds. The van der Waals surface area contributed by atoms with Gasteiger partial charge in [0.25, 0.3) is 5.91 Å². The molecule has 1 N–H and O–H groups in total. The minimum absolute atomic E-state index is 0.0251. The van der Waals surface area contributed by atoms with Crippen molar-refractivity contribution in [2.45, 2.75) is 18.7 Å². The summed E-state index contributed by atoms with van der Waals surface area (Å²) in [5.74, 6) is -0.673. The molecule has 3 aromatic carbocycles. The van der Waals surface area contributed by atoms with Gasteiger partial charge in [-0.05, 0) is 77.3 Å². The van der Waals surface area contributed by atoms with Crippen LogP contribution in [0.25, 0.3) is 6.08 Å². The van der Waals surface area contributed by atoms with Crippen molar-refractivity contribution >= 4 is 59.6 Å². The van der Waals surface area contributed by atoms with Gasteiger partial charge in [0.15, 0.2) is 5.75 Å². The number of hydrogen-bond donors (Lipinski definition) is 1. The van der Waals surface area contributed by atoms with E-state index < -0.39 is 16.0 Å². The Labute approximate surface area is 209 Å². The van der Waals surface area contributed by atoms with Gasteiger partial charge in [-0.1, -0.05) is 46.3 Å². The summed E-state index contributed by atoms with van der Waals surface area (Å²) in [6.07, 6.45) is 1.28. The number of nitrogens with zero attached hydrogens (tertiary/aromatic N) is 1. The second-order valence-electron chi connectivity index (χ2n) is 7.03. The fraction of sp³-hybridized carbons (Fsp3) is 0.0833. The molecule has 0 aliphatic rings. The largest absolute Gasteiger partial charge is 0.377 e.